The number of hydrogen-bond donors (Lipinski definition) is 2. The van der Waals surface area contributed by atoms with Gasteiger partial charge in [-0.2, -0.15) is 0 Å². The fourth-order valence-electron chi connectivity index (χ4n) is 1.88. The summed E-state index contributed by atoms with van der Waals surface area (Å²) in [4.78, 5) is 23.8. The third kappa shape index (κ3) is 5.96. The summed E-state index contributed by atoms with van der Waals surface area (Å²) in [5.41, 5.74) is 1.48. The van der Waals surface area contributed by atoms with Gasteiger partial charge in [-0.3, -0.25) is 0 Å². The number of amides is 2. The van der Waals surface area contributed by atoms with Crippen LogP contribution in [0.15, 0.2) is 42.5 Å². The van der Waals surface area contributed by atoms with E-state index in [1.807, 2.05) is 13.8 Å². The predicted octanol–water partition coefficient (Wildman–Crippen LogP) is 5.45. The van der Waals surface area contributed by atoms with Crippen molar-refractivity contribution in [3.63, 3.8) is 0 Å². The first-order chi connectivity index (χ1) is 11.8. The van der Waals surface area contributed by atoms with Crippen molar-refractivity contribution in [3.05, 3.63) is 58.1 Å². The first-order valence-electron chi connectivity index (χ1n) is 7.65. The van der Waals surface area contributed by atoms with E-state index in [4.69, 9.17) is 27.9 Å². The molecule has 0 aliphatic rings. The summed E-state index contributed by atoms with van der Waals surface area (Å²) in [5.74, 6) is -0.115. The van der Waals surface area contributed by atoms with E-state index < -0.39 is 6.03 Å². The molecule has 0 saturated heterocycles. The van der Waals surface area contributed by atoms with E-state index in [1.54, 1.807) is 42.5 Å². The van der Waals surface area contributed by atoms with Gasteiger partial charge >= 0.3 is 12.0 Å². The van der Waals surface area contributed by atoms with Crippen LogP contribution in [-0.2, 0) is 4.74 Å². The molecule has 0 fully saturated rings. The van der Waals surface area contributed by atoms with Gasteiger partial charge in [-0.15, -0.1) is 0 Å². The Morgan fingerprint density at radius 2 is 1.56 bits per heavy atom. The van der Waals surface area contributed by atoms with Crippen LogP contribution in [0.25, 0.3) is 0 Å². The third-order valence-corrected chi connectivity index (χ3v) is 3.84. The Kier molecular flexibility index (Phi) is 6.67. The van der Waals surface area contributed by atoms with E-state index in [0.717, 1.165) is 0 Å². The van der Waals surface area contributed by atoms with Crippen molar-refractivity contribution in [1.82, 2.24) is 0 Å². The molecule has 0 aliphatic heterocycles. The number of urea groups is 1. The molecular weight excluding hydrogens is 363 g/mol. The molecule has 2 N–H and O–H groups in total. The van der Waals surface area contributed by atoms with E-state index >= 15 is 0 Å². The maximum atomic E-state index is 12.0. The summed E-state index contributed by atoms with van der Waals surface area (Å²) >= 11 is 11.7. The first-order valence-corrected chi connectivity index (χ1v) is 8.41. The zero-order valence-electron chi connectivity index (χ0n) is 13.8. The molecule has 7 heteroatoms. The lowest BCUT2D eigenvalue weighted by Gasteiger charge is -2.10. The lowest BCUT2D eigenvalue weighted by Crippen LogP contribution is -2.19. The fraction of sp³-hybridized carbons (Fsp3) is 0.222. The van der Waals surface area contributed by atoms with Crippen molar-refractivity contribution >= 4 is 46.6 Å². The highest BCUT2D eigenvalue weighted by Crippen LogP contribution is 2.25. The van der Waals surface area contributed by atoms with E-state index in [2.05, 4.69) is 10.6 Å². The molecule has 2 aromatic carbocycles. The van der Waals surface area contributed by atoms with Gasteiger partial charge in [0.1, 0.15) is 0 Å². The van der Waals surface area contributed by atoms with Crippen LogP contribution in [0.5, 0.6) is 0 Å². The van der Waals surface area contributed by atoms with Crippen molar-refractivity contribution in [2.24, 2.45) is 5.92 Å². The Balaban J connectivity index is 1.92. The number of halogens is 2. The minimum Gasteiger partial charge on any atom is -0.462 e. The van der Waals surface area contributed by atoms with Crippen molar-refractivity contribution in [3.8, 4) is 0 Å². The number of esters is 1. The van der Waals surface area contributed by atoms with Gasteiger partial charge in [0, 0.05) is 11.4 Å². The molecular formula is C18H18Cl2N2O3. The Bertz CT molecular complexity index is 761. The largest absolute Gasteiger partial charge is 0.462 e. The van der Waals surface area contributed by atoms with E-state index in [1.165, 1.54) is 0 Å². The Morgan fingerprint density at radius 1 is 0.960 bits per heavy atom. The fourth-order valence-corrected chi connectivity index (χ4v) is 2.18. The summed E-state index contributed by atoms with van der Waals surface area (Å²) in [7, 11) is 0. The molecule has 132 valence electrons. The second-order valence-electron chi connectivity index (χ2n) is 5.78. The lowest BCUT2D eigenvalue weighted by molar-refractivity contribution is 0.0459. The third-order valence-electron chi connectivity index (χ3n) is 3.10. The lowest BCUT2D eigenvalue weighted by atomic mass is 10.2. The zero-order valence-corrected chi connectivity index (χ0v) is 15.3. The number of nitrogens with one attached hydrogen (secondary N) is 2. The smallest absolute Gasteiger partial charge is 0.338 e. The van der Waals surface area contributed by atoms with Crippen LogP contribution < -0.4 is 10.6 Å². The maximum Gasteiger partial charge on any atom is 0.338 e. The summed E-state index contributed by atoms with van der Waals surface area (Å²) < 4.78 is 5.15. The van der Waals surface area contributed by atoms with Gasteiger partial charge in [0.15, 0.2) is 0 Å². The molecule has 5 nitrogen and oxygen atoms in total. The van der Waals surface area contributed by atoms with E-state index in [-0.39, 0.29) is 11.9 Å². The molecule has 0 atom stereocenters. The predicted molar refractivity (Wildman–Crippen MR) is 101 cm³/mol. The van der Waals surface area contributed by atoms with Gasteiger partial charge in [-0.25, -0.2) is 9.59 Å². The van der Waals surface area contributed by atoms with Crippen LogP contribution in [-0.4, -0.2) is 18.6 Å². The topological polar surface area (TPSA) is 67.4 Å². The molecule has 0 aromatic heterocycles. The summed E-state index contributed by atoms with van der Waals surface area (Å²) in [5, 5.41) is 6.07. The van der Waals surface area contributed by atoms with Crippen molar-refractivity contribution in [1.29, 1.82) is 0 Å². The van der Waals surface area contributed by atoms with Gasteiger partial charge in [0.2, 0.25) is 0 Å². The molecule has 0 bridgehead atoms. The number of anilines is 2. The molecule has 2 aromatic rings. The van der Waals surface area contributed by atoms with Crippen LogP contribution >= 0.6 is 23.2 Å². The van der Waals surface area contributed by atoms with Gasteiger partial charge in [0.05, 0.1) is 22.2 Å². The molecule has 0 heterocycles. The monoisotopic (exact) mass is 380 g/mol. The number of carbonyl (C=O) groups excluding carboxylic acids is 2. The minimum atomic E-state index is -0.437. The summed E-state index contributed by atoms with van der Waals surface area (Å²) in [6.07, 6.45) is 0. The van der Waals surface area contributed by atoms with Crippen LogP contribution in [0.3, 0.4) is 0 Å². The molecule has 0 unspecified atom stereocenters. The number of benzene rings is 2. The number of hydrogen-bond acceptors (Lipinski definition) is 3. The number of carbonyl (C=O) groups is 2. The van der Waals surface area contributed by atoms with E-state index in [9.17, 15) is 9.59 Å². The maximum absolute atomic E-state index is 12.0. The molecule has 0 radical (unpaired) electrons. The van der Waals surface area contributed by atoms with Gasteiger partial charge in [-0.1, -0.05) is 37.0 Å². The molecule has 0 aliphatic carbocycles. The van der Waals surface area contributed by atoms with Crippen molar-refractivity contribution in [2.75, 3.05) is 17.2 Å². The summed E-state index contributed by atoms with van der Waals surface area (Å²) in [6, 6.07) is 10.8. The normalized spacial score (nSPS) is 10.4. The quantitative estimate of drug-likeness (QED) is 0.677. The van der Waals surface area contributed by atoms with Crippen LogP contribution in [0.4, 0.5) is 16.2 Å². The standard InChI is InChI=1S/C18H18Cl2N2O3/c1-11(2)10-25-17(23)12-3-5-13(6-4-12)21-18(24)22-14-7-8-15(19)16(20)9-14/h3-9,11H,10H2,1-2H3,(H2,21,22,24). The highest BCUT2D eigenvalue weighted by molar-refractivity contribution is 6.42. The van der Waals surface area contributed by atoms with Crippen molar-refractivity contribution in [2.45, 2.75) is 13.8 Å². The second kappa shape index (κ2) is 8.74. The van der Waals surface area contributed by atoms with Crippen LogP contribution in [0.1, 0.15) is 24.2 Å². The molecule has 0 saturated carbocycles. The molecule has 2 amide bonds. The number of rotatable bonds is 5. The highest BCUT2D eigenvalue weighted by Gasteiger charge is 2.09. The van der Waals surface area contributed by atoms with Gasteiger partial charge < -0.3 is 15.4 Å². The average molecular weight is 381 g/mol. The minimum absolute atomic E-state index is 0.273. The van der Waals surface area contributed by atoms with Crippen LogP contribution in [0, 0.1) is 5.92 Å². The molecule has 25 heavy (non-hydrogen) atoms. The Morgan fingerprint density at radius 3 is 2.16 bits per heavy atom. The Hall–Kier alpha value is -2.24. The zero-order chi connectivity index (χ0) is 18.4. The van der Waals surface area contributed by atoms with Gasteiger partial charge in [0.25, 0.3) is 0 Å². The SMILES string of the molecule is CC(C)COC(=O)c1ccc(NC(=O)Nc2ccc(Cl)c(Cl)c2)cc1. The van der Waals surface area contributed by atoms with Gasteiger partial charge in [-0.05, 0) is 48.4 Å². The Labute approximate surface area is 156 Å². The first kappa shape index (κ1) is 19.1. The molecule has 2 rings (SSSR count). The van der Waals surface area contributed by atoms with E-state index in [0.29, 0.717) is 33.6 Å². The second-order valence-corrected chi connectivity index (χ2v) is 6.59. The van der Waals surface area contributed by atoms with Crippen molar-refractivity contribution < 1.29 is 14.3 Å². The van der Waals surface area contributed by atoms with Crippen LogP contribution in [0.2, 0.25) is 10.0 Å². The summed E-state index contributed by atoms with van der Waals surface area (Å²) in [6.45, 7) is 4.30. The molecule has 0 spiro atoms. The highest BCUT2D eigenvalue weighted by atomic mass is 35.5. The number of ether oxygens (including phenoxy) is 1. The average Bonchev–Trinajstić information content (AvgIpc) is 2.56.